The maximum atomic E-state index is 14.2. The van der Waals surface area contributed by atoms with Gasteiger partial charge in [-0.25, -0.2) is 9.78 Å². The Kier molecular flexibility index (Phi) is 23.6. The molecule has 3 aliphatic rings. The summed E-state index contributed by atoms with van der Waals surface area (Å²) in [4.78, 5) is 134. The lowest BCUT2D eigenvalue weighted by atomic mass is 9.86. The number of nitrogens with two attached hydrogens (primary N) is 2. The summed E-state index contributed by atoms with van der Waals surface area (Å²) < 4.78 is 23.1. The van der Waals surface area contributed by atoms with Crippen LogP contribution in [0.25, 0.3) is 22.3 Å². The molecule has 0 unspecified atom stereocenters. The van der Waals surface area contributed by atoms with Gasteiger partial charge in [-0.1, -0.05) is 91.8 Å². The van der Waals surface area contributed by atoms with Crippen molar-refractivity contribution < 1.29 is 67.2 Å². The number of esters is 1. The first-order chi connectivity index (χ1) is 43.5. The van der Waals surface area contributed by atoms with Crippen LogP contribution in [0.3, 0.4) is 0 Å². The van der Waals surface area contributed by atoms with E-state index in [1.165, 1.54) is 6.21 Å². The SMILES string of the molecule is CC[C@@H]1NC(=O)CNC(=O)[C@H](CCCN=C(N)N)NC(=O)[C@H](Cc2ccc(CNC(=O)COCCOCCOCC(=O)NCCO/N=C\c3c4c(nc5ccccc35)-c3cc5c(c(=O)n3C4)COC(=O)[C@]5(O)CC)cc2)NC(=O)[C@@H](Cc2ccccc2)NC1=O. The smallest absolute Gasteiger partial charge is 0.343 e. The molecule has 5 aromatic rings. The zero-order valence-corrected chi connectivity index (χ0v) is 50.0. The first-order valence-electron chi connectivity index (χ1n) is 29.6. The number of fused-ring (bicyclic) bond motifs is 5. The van der Waals surface area contributed by atoms with E-state index in [0.29, 0.717) is 39.2 Å². The van der Waals surface area contributed by atoms with Crippen molar-refractivity contribution in [3.63, 3.8) is 0 Å². The van der Waals surface area contributed by atoms with Gasteiger partial charge in [0.05, 0.1) is 74.7 Å². The van der Waals surface area contributed by atoms with Crippen molar-refractivity contribution in [2.45, 2.75) is 102 Å². The van der Waals surface area contributed by atoms with E-state index in [1.54, 1.807) is 73.0 Å². The average molecular weight is 1240 g/mol. The molecule has 28 nitrogen and oxygen atoms in total. The number of carbonyl (C=O) groups is 8. The van der Waals surface area contributed by atoms with Crippen LogP contribution in [-0.4, -0.2) is 164 Å². The monoisotopic (exact) mass is 1240 g/mol. The van der Waals surface area contributed by atoms with Crippen LogP contribution in [0.2, 0.25) is 0 Å². The topological polar surface area (TPSA) is 399 Å². The van der Waals surface area contributed by atoms with Crippen molar-refractivity contribution in [3.05, 3.63) is 134 Å². The summed E-state index contributed by atoms with van der Waals surface area (Å²) in [5.41, 5.74) is 14.1. The molecular formula is C62H75N13O15. The van der Waals surface area contributed by atoms with Gasteiger partial charge in [0.2, 0.25) is 41.4 Å². The Labute approximate surface area is 517 Å². The minimum atomic E-state index is -1.96. The van der Waals surface area contributed by atoms with E-state index in [1.807, 2.05) is 30.3 Å². The summed E-state index contributed by atoms with van der Waals surface area (Å²) in [6, 6.07) is 20.4. The Morgan fingerprint density at radius 1 is 0.744 bits per heavy atom. The van der Waals surface area contributed by atoms with E-state index in [9.17, 15) is 48.3 Å². The van der Waals surface area contributed by atoms with Gasteiger partial charge in [0.1, 0.15) is 50.6 Å². The number of aliphatic imine (C=N–C) groups is 1. The quantitative estimate of drug-likeness (QED) is 0.00995. The van der Waals surface area contributed by atoms with Gasteiger partial charge in [0.15, 0.2) is 11.6 Å². The van der Waals surface area contributed by atoms with Gasteiger partial charge < -0.3 is 82.1 Å². The highest BCUT2D eigenvalue weighted by molar-refractivity contribution is 6.02. The molecule has 478 valence electrons. The van der Waals surface area contributed by atoms with Gasteiger partial charge in [0.25, 0.3) is 5.56 Å². The molecule has 1 fully saturated rings. The summed E-state index contributed by atoms with van der Waals surface area (Å²) in [6.07, 6.45) is 2.11. The fourth-order valence-electron chi connectivity index (χ4n) is 10.3. The number of pyridine rings is 2. The number of rotatable bonds is 27. The number of aromatic nitrogens is 2. The first kappa shape index (κ1) is 66.3. The van der Waals surface area contributed by atoms with Crippen LogP contribution >= 0.6 is 0 Å². The highest BCUT2D eigenvalue weighted by Crippen LogP contribution is 2.40. The number of ether oxygens (including phenoxy) is 4. The molecule has 5 heterocycles. The molecule has 5 atom stereocenters. The maximum Gasteiger partial charge on any atom is 0.343 e. The van der Waals surface area contributed by atoms with Crippen LogP contribution < -0.4 is 54.2 Å². The second kappa shape index (κ2) is 32.0. The van der Waals surface area contributed by atoms with Crippen molar-refractivity contribution in [2.75, 3.05) is 65.9 Å². The summed E-state index contributed by atoms with van der Waals surface area (Å²) >= 11 is 0. The molecule has 0 radical (unpaired) electrons. The van der Waals surface area contributed by atoms with Gasteiger partial charge in [-0.15, -0.1) is 0 Å². The third kappa shape index (κ3) is 17.6. The predicted octanol–water partition coefficient (Wildman–Crippen LogP) is -0.770. The molecule has 28 heteroatoms. The van der Waals surface area contributed by atoms with E-state index in [2.05, 4.69) is 47.4 Å². The van der Waals surface area contributed by atoms with E-state index >= 15 is 0 Å². The molecule has 8 rings (SSSR count). The summed E-state index contributed by atoms with van der Waals surface area (Å²) in [6.45, 7) is 3.28. The lowest BCUT2D eigenvalue weighted by Crippen LogP contribution is -2.58. The molecule has 0 aliphatic carbocycles. The number of amides is 7. The minimum absolute atomic E-state index is 0.0214. The van der Waals surface area contributed by atoms with Crippen molar-refractivity contribution in [2.24, 2.45) is 21.6 Å². The van der Waals surface area contributed by atoms with E-state index in [0.717, 1.165) is 10.9 Å². The molecular weight excluding hydrogens is 1170 g/mol. The standard InChI is InChI=1S/C62H75N13O15/c1-3-45-56(80)73-48(27-37-11-6-5-7-12-37)58(82)74-49(57(81)72-47(15-10-20-66-61(63)64)55(79)68-32-51(76)70-45)28-38-16-18-39(19-17-38)30-67-53(78)36-88-26-24-86-23-25-87-35-52(77)65-21-22-90-69-31-41-40-13-8-9-14-46(40)71-54-42(41)33-75-50(54)29-44-43(59(75)83)34-89-60(84)62(44,85)4-2/h5-9,11-14,16-19,29,31,45,47-49,85H,3-4,10,15,20-28,30,32-36H2,1-2H3,(H,65,77)(H,67,78)(H,68,79)(H,70,76)(H,72,81)(H,73,80)(H,74,82)(H4,63,64,66)/b69-31-/t45-,47-,48+,49-,62-/m0/s1. The normalized spacial score (nSPS) is 19.3. The molecule has 1 saturated heterocycles. The molecule has 0 saturated carbocycles. The summed E-state index contributed by atoms with van der Waals surface area (Å²) in [5.74, 6) is -5.07. The number of oxime groups is 1. The number of aliphatic hydroxyl groups is 1. The number of cyclic esters (lactones) is 1. The molecule has 3 aliphatic heterocycles. The van der Waals surface area contributed by atoms with Crippen LogP contribution in [0.5, 0.6) is 0 Å². The highest BCUT2D eigenvalue weighted by Gasteiger charge is 2.45. The molecule has 3 aromatic carbocycles. The number of benzene rings is 3. The second-order valence-corrected chi connectivity index (χ2v) is 21.5. The fourth-order valence-corrected chi connectivity index (χ4v) is 10.3. The largest absolute Gasteiger partial charge is 0.458 e. The van der Waals surface area contributed by atoms with Crippen molar-refractivity contribution in [1.82, 2.24) is 46.8 Å². The Balaban J connectivity index is 0.739. The van der Waals surface area contributed by atoms with Gasteiger partial charge in [0, 0.05) is 48.0 Å². The second-order valence-electron chi connectivity index (χ2n) is 21.5. The zero-order chi connectivity index (χ0) is 64.2. The van der Waals surface area contributed by atoms with Crippen molar-refractivity contribution in [3.8, 4) is 11.4 Å². The number of nitrogens with one attached hydrogen (secondary N) is 7. The van der Waals surface area contributed by atoms with Crippen LogP contribution in [0.15, 0.2) is 99.9 Å². The molecule has 90 heavy (non-hydrogen) atoms. The summed E-state index contributed by atoms with van der Waals surface area (Å²) in [5, 5.41) is 35.1. The third-order valence-corrected chi connectivity index (χ3v) is 15.2. The zero-order valence-electron chi connectivity index (χ0n) is 50.0. The number of hydrogen-bond acceptors (Lipinski definition) is 18. The fraction of sp³-hybridized carbons (Fsp3) is 0.419. The average Bonchev–Trinajstić information content (AvgIpc) is 1.51. The molecule has 7 amide bonds. The van der Waals surface area contributed by atoms with Gasteiger partial charge in [-0.05, 0) is 54.5 Å². The number of nitrogens with zero attached hydrogens (tertiary/aromatic N) is 4. The van der Waals surface area contributed by atoms with Crippen molar-refractivity contribution >= 4 is 70.4 Å². The highest BCUT2D eigenvalue weighted by atomic mass is 16.6. The number of hydrogen-bond donors (Lipinski definition) is 10. The Morgan fingerprint density at radius 2 is 1.37 bits per heavy atom. The lowest BCUT2D eigenvalue weighted by Gasteiger charge is -2.31. The van der Waals surface area contributed by atoms with E-state index in [4.69, 9.17) is 40.2 Å². The van der Waals surface area contributed by atoms with Crippen LogP contribution in [0, 0.1) is 0 Å². The Bertz CT molecular complexity index is 3540. The van der Waals surface area contributed by atoms with Gasteiger partial charge in [-0.2, -0.15) is 0 Å². The number of carbonyl (C=O) groups excluding carboxylic acids is 8. The number of para-hydroxylation sites is 1. The summed E-state index contributed by atoms with van der Waals surface area (Å²) in [7, 11) is 0. The van der Waals surface area contributed by atoms with Gasteiger partial charge >= 0.3 is 5.97 Å². The Hall–Kier alpha value is -9.64. The molecule has 0 spiro atoms. The van der Waals surface area contributed by atoms with E-state index in [-0.39, 0.29) is 152 Å². The minimum Gasteiger partial charge on any atom is -0.458 e. The van der Waals surface area contributed by atoms with Crippen molar-refractivity contribution in [1.29, 1.82) is 0 Å². The predicted molar refractivity (Wildman–Crippen MR) is 327 cm³/mol. The molecule has 12 N–H and O–H groups in total. The van der Waals surface area contributed by atoms with Crippen LogP contribution in [-0.2, 0) is 100 Å². The van der Waals surface area contributed by atoms with Gasteiger partial charge in [-0.3, -0.25) is 43.3 Å². The maximum absolute atomic E-state index is 14.2. The van der Waals surface area contributed by atoms with Crippen LogP contribution in [0.4, 0.5) is 0 Å². The van der Waals surface area contributed by atoms with E-state index < -0.39 is 71.8 Å². The Morgan fingerprint density at radius 3 is 2.04 bits per heavy atom. The first-order valence-corrected chi connectivity index (χ1v) is 29.6. The van der Waals surface area contributed by atoms with Crippen LogP contribution in [0.1, 0.15) is 78.5 Å². The number of guanidine groups is 1. The third-order valence-electron chi connectivity index (χ3n) is 15.2. The molecule has 2 aromatic heterocycles. The molecule has 0 bridgehead atoms. The lowest BCUT2D eigenvalue weighted by molar-refractivity contribution is -0.172.